The third-order valence-electron chi connectivity index (χ3n) is 17.8. The van der Waals surface area contributed by atoms with E-state index in [0.717, 1.165) is 0 Å². The average molecular weight is 1470 g/mol. The van der Waals surface area contributed by atoms with E-state index >= 15 is 4.79 Å². The van der Waals surface area contributed by atoms with Gasteiger partial charge >= 0.3 is 5.97 Å². The highest BCUT2D eigenvalue weighted by Gasteiger charge is 2.38. The quantitative estimate of drug-likeness (QED) is 0.0517. The number of aromatic nitrogens is 4. The van der Waals surface area contributed by atoms with Crippen LogP contribution in [0.5, 0.6) is 0 Å². The molecule has 0 fully saturated rings. The summed E-state index contributed by atoms with van der Waals surface area (Å²) in [6.45, 7) is 11.7. The summed E-state index contributed by atoms with van der Waals surface area (Å²) in [7, 11) is 0. The lowest BCUT2D eigenvalue weighted by molar-refractivity contribution is -0.138. The number of amides is 13. The van der Waals surface area contributed by atoms with Crippen molar-refractivity contribution in [2.75, 3.05) is 6.54 Å². The number of nitrogens with zero attached hydrogens (tertiary/aromatic N) is 1. The molecule has 33 heteroatoms. The van der Waals surface area contributed by atoms with Crippen LogP contribution in [0, 0.1) is 17.8 Å². The van der Waals surface area contributed by atoms with Crippen LogP contribution >= 0.6 is 0 Å². The van der Waals surface area contributed by atoms with Crippen molar-refractivity contribution in [3.63, 3.8) is 0 Å². The number of fused-ring (bicyclic) bond motifs is 3. The summed E-state index contributed by atoms with van der Waals surface area (Å²) in [6.07, 6.45) is 1.54. The Morgan fingerprint density at radius 3 is 1.58 bits per heavy atom. The Kier molecular flexibility index (Phi) is 30.0. The maximum atomic E-state index is 15.1. The van der Waals surface area contributed by atoms with E-state index in [2.05, 4.69) is 83.7 Å². The van der Waals surface area contributed by atoms with Gasteiger partial charge in [-0.15, -0.1) is 0 Å². The van der Waals surface area contributed by atoms with E-state index in [-0.39, 0.29) is 56.9 Å². The SMILES string of the molecule is CC(C)C[C@@H]1NC(=O)[C@H](Cc2c[nH]cn2)NC(=O)[C@H](Cc2c[nH]c3ccccc23)NC(=O)[C@H](C)NC(=O)CCC(=O)NCc2ccccc2C[C@@H](C(=O)N[C@H](C(N)=O)[C@@H](C)O)NC(=O)[C@H](Cc2c[nH]c3ccccc23)NC(=O)C(C(C)C)NC(=O)[C@H](CC(C)C)NC(=O)[C@H](CCC(=O)O)NC(=O)CNC1=O. The molecule has 1 aliphatic heterocycles. The van der Waals surface area contributed by atoms with Crippen LogP contribution in [0.15, 0.2) is 97.7 Å². The molecule has 3 aromatic carbocycles. The number of nitrogens with two attached hydrogens (primary N) is 1. The predicted molar refractivity (Wildman–Crippen MR) is 387 cm³/mol. The van der Waals surface area contributed by atoms with E-state index in [9.17, 15) is 72.5 Å². The molecule has 0 bridgehead atoms. The van der Waals surface area contributed by atoms with Crippen molar-refractivity contribution in [3.05, 3.63) is 126 Å². The minimum atomic E-state index is -1.66. The molecule has 19 N–H and O–H groups in total. The summed E-state index contributed by atoms with van der Waals surface area (Å²) < 4.78 is 0. The molecular formula is C73H97N17O16. The van der Waals surface area contributed by atoms with Gasteiger partial charge in [0.1, 0.15) is 60.4 Å². The topological polar surface area (TPSA) is 510 Å². The first-order chi connectivity index (χ1) is 50.3. The maximum absolute atomic E-state index is 15.1. The number of hydrogen-bond donors (Lipinski definition) is 18. The summed E-state index contributed by atoms with van der Waals surface area (Å²) in [4.78, 5) is 210. The van der Waals surface area contributed by atoms with Gasteiger partial charge in [0, 0.05) is 91.9 Å². The van der Waals surface area contributed by atoms with Gasteiger partial charge in [0.05, 0.1) is 24.7 Å². The fourth-order valence-electron chi connectivity index (χ4n) is 12.1. The molecule has 3 aromatic heterocycles. The number of H-pyrrole nitrogens is 3. The fourth-order valence-corrected chi connectivity index (χ4v) is 12.1. The van der Waals surface area contributed by atoms with Gasteiger partial charge in [-0.05, 0) is 85.3 Å². The molecule has 0 radical (unpaired) electrons. The number of carbonyl (C=O) groups excluding carboxylic acids is 13. The first-order valence-corrected chi connectivity index (χ1v) is 35.2. The van der Waals surface area contributed by atoms with Crippen molar-refractivity contribution in [1.82, 2.24) is 83.7 Å². The second-order valence-corrected chi connectivity index (χ2v) is 27.7. The first-order valence-electron chi connectivity index (χ1n) is 35.2. The number of aliphatic carboxylic acids is 1. The van der Waals surface area contributed by atoms with Crippen LogP contribution in [0.1, 0.15) is 122 Å². The molecule has 0 saturated carbocycles. The van der Waals surface area contributed by atoms with Gasteiger partial charge in [0.2, 0.25) is 76.8 Å². The minimum Gasteiger partial charge on any atom is -0.481 e. The Hall–Kier alpha value is -11.5. The Morgan fingerprint density at radius 1 is 0.528 bits per heavy atom. The molecular weight excluding hydrogens is 1370 g/mol. The number of benzene rings is 3. The number of aliphatic hydroxyl groups is 1. The van der Waals surface area contributed by atoms with E-state index in [1.54, 1.807) is 127 Å². The number of imidazole rings is 1. The fraction of sp³-hybridized carbons (Fsp3) is 0.466. The van der Waals surface area contributed by atoms with Crippen molar-refractivity contribution < 1.29 is 77.3 Å². The number of primary amides is 1. The standard InChI is InChI=1S/C73H97N17O16/c1-37(2)25-52-66(99)79-35-60(94)82-51(21-24-61(95)96)67(100)85-53(26-38(3)4)71(104)89-62(39(5)6)73(106)88-56(29-45-33-77-50-20-14-12-18-48(45)50)69(102)86-54(72(105)90-63(41(8)91)64(74)97)27-42-15-9-10-16-43(42)31-78-58(92)22-23-59(93)81-40(7)65(98)83-55(28-44-32-76-49-19-13-11-17-47(44)49)68(101)87-57(70(103)84-52)30-46-34-75-36-80-46/h9-20,32-34,36-41,51-57,62-63,76-77,91H,21-31,35H2,1-8H3,(H2,74,97)(H,75,80)(H,78,92)(H,79,99)(H,81,93)(H,82,94)(H,83,98)(H,84,103)(H,85,100)(H,86,102)(H,87,101)(H,88,106)(H,89,104)(H,90,105)(H,95,96)/t40-,41+,51-,52-,53-,54-,55-,56-,57-,62?,63-/m0/s1. The zero-order chi connectivity index (χ0) is 77.5. The van der Waals surface area contributed by atoms with Crippen molar-refractivity contribution in [2.24, 2.45) is 23.5 Å². The summed E-state index contributed by atoms with van der Waals surface area (Å²) in [5, 5.41) is 53.3. The molecule has 0 aliphatic carbocycles. The van der Waals surface area contributed by atoms with Gasteiger partial charge < -0.3 is 94.7 Å². The van der Waals surface area contributed by atoms with Crippen LogP contribution in [0.2, 0.25) is 0 Å². The smallest absolute Gasteiger partial charge is 0.303 e. The molecule has 7 rings (SSSR count). The van der Waals surface area contributed by atoms with Crippen LogP contribution in [-0.2, 0) is 99.4 Å². The van der Waals surface area contributed by atoms with Gasteiger partial charge in [-0.3, -0.25) is 67.1 Å². The Labute approximate surface area is 611 Å². The third kappa shape index (κ3) is 24.3. The number of carboxylic acid groups (broad SMARTS) is 1. The molecule has 4 heterocycles. The number of aliphatic hydroxyl groups excluding tert-OH is 1. The number of carbonyl (C=O) groups is 14. The van der Waals surface area contributed by atoms with Crippen LogP contribution in [-0.4, -0.2) is 186 Å². The van der Waals surface area contributed by atoms with Crippen molar-refractivity contribution in [3.8, 4) is 0 Å². The molecule has 6 aromatic rings. The lowest BCUT2D eigenvalue weighted by Crippen LogP contribution is -2.61. The second-order valence-electron chi connectivity index (χ2n) is 27.7. The zero-order valence-electron chi connectivity index (χ0n) is 60.4. The van der Waals surface area contributed by atoms with E-state index in [1.165, 1.54) is 26.4 Å². The minimum absolute atomic E-state index is 0.0125. The number of carboxylic acids is 1. The van der Waals surface area contributed by atoms with E-state index < -0.39 is 187 Å². The molecule has 1 unspecified atom stereocenters. The molecule has 0 saturated heterocycles. The van der Waals surface area contributed by atoms with Crippen LogP contribution < -0.4 is 69.5 Å². The van der Waals surface area contributed by atoms with Crippen molar-refractivity contribution in [2.45, 2.75) is 193 Å². The van der Waals surface area contributed by atoms with Gasteiger partial charge in [-0.25, -0.2) is 4.98 Å². The zero-order valence-corrected chi connectivity index (χ0v) is 60.4. The number of aromatic amines is 3. The summed E-state index contributed by atoms with van der Waals surface area (Å²) in [6, 6.07) is 5.81. The average Bonchev–Trinajstić information content (AvgIpc) is 1.61. The number of para-hydroxylation sites is 2. The summed E-state index contributed by atoms with van der Waals surface area (Å²) in [5.74, 6) is -14.4. The highest BCUT2D eigenvalue weighted by Crippen LogP contribution is 2.23. The monoisotopic (exact) mass is 1470 g/mol. The van der Waals surface area contributed by atoms with Crippen LogP contribution in [0.4, 0.5) is 0 Å². The van der Waals surface area contributed by atoms with E-state index in [0.29, 0.717) is 49.8 Å². The molecule has 33 nitrogen and oxygen atoms in total. The third-order valence-corrected chi connectivity index (χ3v) is 17.8. The van der Waals surface area contributed by atoms with E-state index in [1.807, 2.05) is 0 Å². The van der Waals surface area contributed by atoms with Gasteiger partial charge in [-0.2, -0.15) is 0 Å². The predicted octanol–water partition coefficient (Wildman–Crippen LogP) is -0.484. The van der Waals surface area contributed by atoms with Crippen molar-refractivity contribution in [1.29, 1.82) is 0 Å². The molecule has 570 valence electrons. The molecule has 1 aliphatic rings. The first kappa shape index (κ1) is 81.8. The highest BCUT2D eigenvalue weighted by atomic mass is 16.4. The Morgan fingerprint density at radius 2 is 1.03 bits per heavy atom. The molecule has 13 amide bonds. The van der Waals surface area contributed by atoms with Crippen LogP contribution in [0.25, 0.3) is 21.8 Å². The highest BCUT2D eigenvalue weighted by molar-refractivity contribution is 6.00. The lowest BCUT2D eigenvalue weighted by atomic mass is 9.97. The Balaban J connectivity index is 1.24. The molecule has 0 spiro atoms. The van der Waals surface area contributed by atoms with Gasteiger partial charge in [-0.1, -0.05) is 102 Å². The van der Waals surface area contributed by atoms with Crippen LogP contribution in [0.3, 0.4) is 0 Å². The molecule has 11 atom stereocenters. The Bertz CT molecular complexity index is 4130. The number of hydrogen-bond acceptors (Lipinski definition) is 16. The number of nitrogens with one attached hydrogen (secondary N) is 15. The summed E-state index contributed by atoms with van der Waals surface area (Å²) >= 11 is 0. The lowest BCUT2D eigenvalue weighted by Gasteiger charge is -2.29. The number of rotatable bonds is 18. The van der Waals surface area contributed by atoms with Crippen molar-refractivity contribution >= 4 is 105 Å². The maximum Gasteiger partial charge on any atom is 0.303 e. The van der Waals surface area contributed by atoms with Gasteiger partial charge in [0.25, 0.3) is 0 Å². The normalized spacial score (nSPS) is 22.5. The second kappa shape index (κ2) is 38.8. The van der Waals surface area contributed by atoms with Gasteiger partial charge in [0.15, 0.2) is 0 Å². The molecule has 106 heavy (non-hydrogen) atoms. The largest absolute Gasteiger partial charge is 0.481 e. The van der Waals surface area contributed by atoms with E-state index in [4.69, 9.17) is 5.73 Å². The summed E-state index contributed by atoms with van der Waals surface area (Å²) in [5.41, 5.74) is 9.20.